The highest BCUT2D eigenvalue weighted by Crippen LogP contribution is 2.14. The Morgan fingerprint density at radius 1 is 1.37 bits per heavy atom. The van der Waals surface area contributed by atoms with Crippen LogP contribution in [0.5, 0.6) is 0 Å². The Hall–Kier alpha value is -3.03. The molecule has 0 bridgehead atoms. The minimum absolute atomic E-state index is 0.0312. The summed E-state index contributed by atoms with van der Waals surface area (Å²) in [5, 5.41) is 11.3. The molecule has 0 fully saturated rings. The lowest BCUT2D eigenvalue weighted by molar-refractivity contribution is -0.121. The van der Waals surface area contributed by atoms with Gasteiger partial charge in [0.15, 0.2) is 0 Å². The van der Waals surface area contributed by atoms with E-state index in [1.54, 1.807) is 12.4 Å². The average Bonchev–Trinajstić information content (AvgIpc) is 3.25. The minimum atomic E-state index is -0.0312. The summed E-state index contributed by atoms with van der Waals surface area (Å²) < 4.78 is 7.19. The van der Waals surface area contributed by atoms with E-state index in [9.17, 15) is 4.79 Å². The summed E-state index contributed by atoms with van der Waals surface area (Å²) >= 11 is 0. The quantitative estimate of drug-likeness (QED) is 0.655. The second-order valence-electron chi connectivity index (χ2n) is 6.77. The molecule has 0 aromatic carbocycles. The van der Waals surface area contributed by atoms with Crippen molar-refractivity contribution < 1.29 is 9.32 Å². The number of hydrogen-bond acceptors (Lipinski definition) is 6. The van der Waals surface area contributed by atoms with Crippen molar-refractivity contribution in [1.82, 2.24) is 30.2 Å². The van der Waals surface area contributed by atoms with Gasteiger partial charge in [-0.05, 0) is 38.0 Å². The van der Waals surface area contributed by atoms with Crippen molar-refractivity contribution in [2.45, 2.75) is 40.2 Å². The molecule has 1 amide bonds. The number of rotatable bonds is 8. The van der Waals surface area contributed by atoms with Gasteiger partial charge in [0.1, 0.15) is 0 Å². The number of nitrogens with one attached hydrogen (secondary N) is 1. The van der Waals surface area contributed by atoms with Crippen LogP contribution in [0.4, 0.5) is 0 Å². The average molecular weight is 368 g/mol. The van der Waals surface area contributed by atoms with E-state index in [-0.39, 0.29) is 11.8 Å². The van der Waals surface area contributed by atoms with Gasteiger partial charge in [0, 0.05) is 49.6 Å². The lowest BCUT2D eigenvalue weighted by atomic mass is 10.1. The Morgan fingerprint density at radius 3 is 2.93 bits per heavy atom. The summed E-state index contributed by atoms with van der Waals surface area (Å²) in [6, 6.07) is 5.72. The normalized spacial score (nSPS) is 12.1. The van der Waals surface area contributed by atoms with Gasteiger partial charge in [-0.15, -0.1) is 0 Å². The van der Waals surface area contributed by atoms with E-state index >= 15 is 0 Å². The molecular formula is C19H24N6O2. The van der Waals surface area contributed by atoms with Gasteiger partial charge in [-0.3, -0.25) is 14.5 Å². The summed E-state index contributed by atoms with van der Waals surface area (Å²) in [4.78, 5) is 20.4. The van der Waals surface area contributed by atoms with E-state index < -0.39 is 0 Å². The van der Waals surface area contributed by atoms with Crippen molar-refractivity contribution in [1.29, 1.82) is 0 Å². The van der Waals surface area contributed by atoms with E-state index in [0.29, 0.717) is 31.1 Å². The highest BCUT2D eigenvalue weighted by Gasteiger charge is 2.12. The molecule has 0 saturated heterocycles. The van der Waals surface area contributed by atoms with E-state index in [1.165, 1.54) is 0 Å². The minimum Gasteiger partial charge on any atom is -0.356 e. The highest BCUT2D eigenvalue weighted by molar-refractivity contribution is 5.76. The third kappa shape index (κ3) is 5.22. The molecule has 27 heavy (non-hydrogen) atoms. The number of aromatic nitrogens is 5. The van der Waals surface area contributed by atoms with Crippen LogP contribution in [0.1, 0.15) is 30.6 Å². The monoisotopic (exact) mass is 368 g/mol. The standard InChI is InChI=1S/C19H24N6O2/c1-13(12-25-15(3)9-14(2)23-25)10-21-17(26)6-7-18-22-19(24-27-18)16-5-4-8-20-11-16/h4-5,8-9,11,13H,6-7,10,12H2,1-3H3,(H,21,26)/t13-/m1/s1. The predicted octanol–water partition coefficient (Wildman–Crippen LogP) is 2.33. The first-order valence-corrected chi connectivity index (χ1v) is 9.02. The molecule has 142 valence electrons. The topological polar surface area (TPSA) is 98.7 Å². The van der Waals surface area contributed by atoms with Crippen LogP contribution in [0.3, 0.4) is 0 Å². The number of carbonyl (C=O) groups is 1. The first kappa shape index (κ1) is 18.8. The molecule has 3 aromatic heterocycles. The number of pyridine rings is 1. The van der Waals surface area contributed by atoms with Crippen LogP contribution >= 0.6 is 0 Å². The van der Waals surface area contributed by atoms with Crippen molar-refractivity contribution in [3.63, 3.8) is 0 Å². The third-order valence-electron chi connectivity index (χ3n) is 4.19. The van der Waals surface area contributed by atoms with E-state index in [0.717, 1.165) is 23.5 Å². The van der Waals surface area contributed by atoms with Crippen LogP contribution in [-0.2, 0) is 17.8 Å². The Balaban J connectivity index is 1.42. The molecule has 8 heteroatoms. The van der Waals surface area contributed by atoms with E-state index in [2.05, 4.69) is 38.5 Å². The maximum absolute atomic E-state index is 12.1. The smallest absolute Gasteiger partial charge is 0.227 e. The van der Waals surface area contributed by atoms with Crippen LogP contribution in [0.2, 0.25) is 0 Å². The van der Waals surface area contributed by atoms with Crippen LogP contribution in [-0.4, -0.2) is 37.4 Å². The summed E-state index contributed by atoms with van der Waals surface area (Å²) in [6.07, 6.45) is 4.07. The summed E-state index contributed by atoms with van der Waals surface area (Å²) in [5.74, 6) is 1.18. The van der Waals surface area contributed by atoms with Crippen molar-refractivity contribution in [3.05, 3.63) is 47.9 Å². The summed E-state index contributed by atoms with van der Waals surface area (Å²) in [5.41, 5.74) is 2.93. The van der Waals surface area contributed by atoms with E-state index in [4.69, 9.17) is 4.52 Å². The second kappa shape index (κ2) is 8.57. The lowest BCUT2D eigenvalue weighted by Gasteiger charge is -2.13. The Morgan fingerprint density at radius 2 is 2.22 bits per heavy atom. The van der Waals surface area contributed by atoms with E-state index in [1.807, 2.05) is 30.7 Å². The van der Waals surface area contributed by atoms with Gasteiger partial charge in [-0.1, -0.05) is 12.1 Å². The first-order chi connectivity index (χ1) is 13.0. The molecule has 3 aromatic rings. The molecule has 0 unspecified atom stereocenters. The molecule has 1 N–H and O–H groups in total. The fraction of sp³-hybridized carbons (Fsp3) is 0.421. The number of amides is 1. The summed E-state index contributed by atoms with van der Waals surface area (Å²) in [6.45, 7) is 7.48. The van der Waals surface area contributed by atoms with Gasteiger partial charge in [0.25, 0.3) is 0 Å². The molecule has 0 aliphatic heterocycles. The van der Waals surface area contributed by atoms with Crippen LogP contribution in [0.25, 0.3) is 11.4 Å². The van der Waals surface area contributed by atoms with Crippen molar-refractivity contribution >= 4 is 5.91 Å². The Labute approximate surface area is 158 Å². The molecule has 0 saturated carbocycles. The molecular weight excluding hydrogens is 344 g/mol. The van der Waals surface area contributed by atoms with Gasteiger partial charge in [0.05, 0.1) is 5.69 Å². The zero-order chi connectivity index (χ0) is 19.2. The maximum Gasteiger partial charge on any atom is 0.227 e. The number of carbonyl (C=O) groups excluding carboxylic acids is 1. The lowest BCUT2D eigenvalue weighted by Crippen LogP contribution is -2.30. The van der Waals surface area contributed by atoms with Gasteiger partial charge in [0.2, 0.25) is 17.6 Å². The molecule has 0 radical (unpaired) electrons. The Kier molecular flexibility index (Phi) is 5.95. The summed E-state index contributed by atoms with van der Waals surface area (Å²) in [7, 11) is 0. The number of aryl methyl sites for hydroxylation is 3. The van der Waals surface area contributed by atoms with Crippen LogP contribution < -0.4 is 5.32 Å². The molecule has 0 spiro atoms. The molecule has 0 aliphatic carbocycles. The fourth-order valence-electron chi connectivity index (χ4n) is 2.79. The SMILES string of the molecule is Cc1cc(C)n(C[C@H](C)CNC(=O)CCc2nc(-c3cccnc3)no2)n1. The highest BCUT2D eigenvalue weighted by atomic mass is 16.5. The number of nitrogens with zero attached hydrogens (tertiary/aromatic N) is 5. The zero-order valence-corrected chi connectivity index (χ0v) is 15.8. The molecule has 3 heterocycles. The van der Waals surface area contributed by atoms with Gasteiger partial charge < -0.3 is 9.84 Å². The molecule has 3 rings (SSSR count). The predicted molar refractivity (Wildman–Crippen MR) is 99.7 cm³/mol. The van der Waals surface area contributed by atoms with Gasteiger partial charge in [-0.2, -0.15) is 10.1 Å². The zero-order valence-electron chi connectivity index (χ0n) is 15.8. The van der Waals surface area contributed by atoms with Gasteiger partial charge in [-0.25, -0.2) is 0 Å². The fourth-order valence-corrected chi connectivity index (χ4v) is 2.79. The molecule has 8 nitrogen and oxygen atoms in total. The van der Waals surface area contributed by atoms with Crippen LogP contribution in [0.15, 0.2) is 35.1 Å². The van der Waals surface area contributed by atoms with Crippen molar-refractivity contribution in [2.75, 3.05) is 6.54 Å². The number of hydrogen-bond donors (Lipinski definition) is 1. The van der Waals surface area contributed by atoms with Crippen LogP contribution in [0, 0.1) is 19.8 Å². The molecule has 0 aliphatic rings. The first-order valence-electron chi connectivity index (χ1n) is 9.02. The Bertz CT molecular complexity index is 887. The third-order valence-corrected chi connectivity index (χ3v) is 4.19. The van der Waals surface area contributed by atoms with Crippen molar-refractivity contribution in [2.24, 2.45) is 5.92 Å². The van der Waals surface area contributed by atoms with Gasteiger partial charge >= 0.3 is 0 Å². The maximum atomic E-state index is 12.1. The van der Waals surface area contributed by atoms with Crippen molar-refractivity contribution in [3.8, 4) is 11.4 Å². The second-order valence-corrected chi connectivity index (χ2v) is 6.77. The largest absolute Gasteiger partial charge is 0.356 e. The molecule has 1 atom stereocenters.